The Labute approximate surface area is 144 Å². The van der Waals surface area contributed by atoms with Gasteiger partial charge in [0.1, 0.15) is 5.69 Å². The molecule has 1 fully saturated rings. The fraction of sp³-hybridized carbons (Fsp3) is 0.474. The molecule has 130 valence electrons. The van der Waals surface area contributed by atoms with Crippen LogP contribution in [0.5, 0.6) is 0 Å². The third-order valence-corrected chi connectivity index (χ3v) is 5.42. The summed E-state index contributed by atoms with van der Waals surface area (Å²) in [6.07, 6.45) is 2.10. The van der Waals surface area contributed by atoms with Crippen LogP contribution in [0.2, 0.25) is 0 Å². The van der Waals surface area contributed by atoms with Crippen LogP contribution < -0.4 is 4.90 Å². The summed E-state index contributed by atoms with van der Waals surface area (Å²) in [5.41, 5.74) is 4.49. The summed E-state index contributed by atoms with van der Waals surface area (Å²) in [4.78, 5) is 10.9. The molecule has 2 aliphatic heterocycles. The van der Waals surface area contributed by atoms with E-state index in [1.54, 1.807) is 0 Å². The average molecular weight is 343 g/mol. The van der Waals surface area contributed by atoms with Crippen molar-refractivity contribution >= 4 is 5.95 Å². The zero-order chi connectivity index (χ0) is 17.0. The van der Waals surface area contributed by atoms with E-state index in [-0.39, 0.29) is 12.1 Å². The van der Waals surface area contributed by atoms with Crippen LogP contribution in [0.3, 0.4) is 0 Å². The lowest BCUT2D eigenvalue weighted by atomic mass is 9.97. The predicted molar refractivity (Wildman–Crippen MR) is 89.9 cm³/mol. The minimum absolute atomic E-state index is 0.0756. The summed E-state index contributed by atoms with van der Waals surface area (Å²) in [7, 11) is 0. The van der Waals surface area contributed by atoms with Crippen LogP contribution in [-0.4, -0.2) is 29.7 Å². The van der Waals surface area contributed by atoms with E-state index in [2.05, 4.69) is 11.1 Å². The lowest BCUT2D eigenvalue weighted by Crippen LogP contribution is -2.38. The molecule has 25 heavy (non-hydrogen) atoms. The van der Waals surface area contributed by atoms with Crippen LogP contribution in [0.4, 0.5) is 14.7 Å². The van der Waals surface area contributed by atoms with Crippen molar-refractivity contribution in [2.24, 2.45) is 0 Å². The number of hydrogen-bond donors (Lipinski definition) is 0. The lowest BCUT2D eigenvalue weighted by Gasteiger charge is -2.31. The fourth-order valence-corrected chi connectivity index (χ4v) is 3.82. The Bertz CT molecular complexity index is 849. The van der Waals surface area contributed by atoms with Crippen molar-refractivity contribution in [2.45, 2.75) is 38.2 Å². The van der Waals surface area contributed by atoms with Crippen LogP contribution in [-0.2, 0) is 30.1 Å². The van der Waals surface area contributed by atoms with Crippen molar-refractivity contribution in [1.29, 1.82) is 0 Å². The fourth-order valence-electron chi connectivity index (χ4n) is 3.82. The maximum absolute atomic E-state index is 14.3. The monoisotopic (exact) mass is 343 g/mol. The van der Waals surface area contributed by atoms with Crippen molar-refractivity contribution in [3.05, 3.63) is 40.6 Å². The molecule has 5 rings (SSSR count). The number of alkyl halides is 2. The first-order chi connectivity index (χ1) is 12.1. The van der Waals surface area contributed by atoms with Gasteiger partial charge in [0.15, 0.2) is 0 Å². The summed E-state index contributed by atoms with van der Waals surface area (Å²) in [6, 6.07) is 6.13. The van der Waals surface area contributed by atoms with Gasteiger partial charge in [-0.05, 0) is 36.5 Å². The van der Waals surface area contributed by atoms with Crippen molar-refractivity contribution < 1.29 is 13.5 Å². The Morgan fingerprint density at radius 3 is 2.76 bits per heavy atom. The summed E-state index contributed by atoms with van der Waals surface area (Å²) in [6.45, 7) is 2.98. The molecule has 0 spiro atoms. The molecular formula is C19H19F2N3O. The molecule has 0 N–H and O–H groups in total. The molecule has 4 nitrogen and oxygen atoms in total. The Morgan fingerprint density at radius 2 is 1.96 bits per heavy atom. The summed E-state index contributed by atoms with van der Waals surface area (Å²) in [5.74, 6) is -2.42. The normalized spacial score (nSPS) is 20.8. The highest BCUT2D eigenvalue weighted by Crippen LogP contribution is 2.44. The van der Waals surface area contributed by atoms with Crippen LogP contribution >= 0.6 is 0 Å². The Morgan fingerprint density at radius 1 is 1.08 bits per heavy atom. The minimum atomic E-state index is -2.86. The molecule has 0 saturated carbocycles. The second kappa shape index (κ2) is 5.46. The van der Waals surface area contributed by atoms with Gasteiger partial charge in [-0.25, -0.2) is 9.97 Å². The number of halogens is 2. The van der Waals surface area contributed by atoms with Crippen molar-refractivity contribution in [3.63, 3.8) is 0 Å². The Hall–Kier alpha value is -2.08. The van der Waals surface area contributed by atoms with E-state index in [1.165, 1.54) is 5.56 Å². The third kappa shape index (κ3) is 2.42. The zero-order valence-electron chi connectivity index (χ0n) is 13.9. The summed E-state index contributed by atoms with van der Waals surface area (Å²) < 4.78 is 34.2. The van der Waals surface area contributed by atoms with Gasteiger partial charge in [0.25, 0.3) is 5.92 Å². The SMILES string of the molecule is FC1(F)CCc2c(-c3ccc4c(c3)COCC4)nc(N3CCC3)nc21. The predicted octanol–water partition coefficient (Wildman–Crippen LogP) is 3.46. The molecule has 1 saturated heterocycles. The lowest BCUT2D eigenvalue weighted by molar-refractivity contribution is -0.00593. The molecule has 1 aromatic heterocycles. The van der Waals surface area contributed by atoms with Crippen molar-refractivity contribution in [1.82, 2.24) is 9.97 Å². The molecule has 0 atom stereocenters. The number of nitrogens with zero attached hydrogens (tertiary/aromatic N) is 3. The average Bonchev–Trinajstić information content (AvgIpc) is 2.88. The molecule has 3 aliphatic rings. The Balaban J connectivity index is 1.66. The van der Waals surface area contributed by atoms with E-state index in [0.717, 1.165) is 43.7 Å². The number of fused-ring (bicyclic) bond motifs is 2. The van der Waals surface area contributed by atoms with E-state index in [1.807, 2.05) is 17.0 Å². The molecular weight excluding hydrogens is 324 g/mol. The van der Waals surface area contributed by atoms with Gasteiger partial charge in [-0.3, -0.25) is 0 Å². The molecule has 0 radical (unpaired) electrons. The number of rotatable bonds is 2. The van der Waals surface area contributed by atoms with Gasteiger partial charge >= 0.3 is 0 Å². The van der Waals surface area contributed by atoms with Gasteiger partial charge in [-0.2, -0.15) is 8.78 Å². The van der Waals surface area contributed by atoms with E-state index in [0.29, 0.717) is 30.2 Å². The number of ether oxygens (including phenoxy) is 1. The molecule has 6 heteroatoms. The Kier molecular flexibility index (Phi) is 3.32. The van der Waals surface area contributed by atoms with Crippen LogP contribution in [0.1, 0.15) is 35.2 Å². The molecule has 1 aliphatic carbocycles. The number of benzene rings is 1. The molecule has 2 aromatic rings. The molecule has 0 unspecified atom stereocenters. The summed E-state index contributed by atoms with van der Waals surface area (Å²) >= 11 is 0. The van der Waals surface area contributed by atoms with E-state index >= 15 is 0 Å². The standard InChI is InChI=1S/C19H19F2N3O/c20-19(21)6-4-15-16(22-18(23-17(15)19)24-7-1-8-24)13-3-2-12-5-9-25-11-14(12)10-13/h2-3,10H,1,4-9,11H2. The number of anilines is 1. The first kappa shape index (κ1) is 15.2. The van der Waals surface area contributed by atoms with Gasteiger partial charge in [-0.1, -0.05) is 12.1 Å². The third-order valence-electron chi connectivity index (χ3n) is 5.42. The molecule has 0 amide bonds. The maximum atomic E-state index is 14.3. The highest BCUT2D eigenvalue weighted by molar-refractivity contribution is 5.68. The highest BCUT2D eigenvalue weighted by Gasteiger charge is 2.43. The van der Waals surface area contributed by atoms with Crippen molar-refractivity contribution in [2.75, 3.05) is 24.6 Å². The van der Waals surface area contributed by atoms with Crippen LogP contribution in [0, 0.1) is 0 Å². The van der Waals surface area contributed by atoms with Gasteiger partial charge < -0.3 is 9.64 Å². The second-order valence-corrected chi connectivity index (χ2v) is 7.03. The van der Waals surface area contributed by atoms with E-state index < -0.39 is 5.92 Å². The van der Waals surface area contributed by atoms with Gasteiger partial charge in [0.05, 0.1) is 18.9 Å². The topological polar surface area (TPSA) is 38.2 Å². The second-order valence-electron chi connectivity index (χ2n) is 7.03. The van der Waals surface area contributed by atoms with E-state index in [4.69, 9.17) is 9.72 Å². The summed E-state index contributed by atoms with van der Waals surface area (Å²) in [5, 5.41) is 0. The van der Waals surface area contributed by atoms with Gasteiger partial charge in [0, 0.05) is 30.6 Å². The van der Waals surface area contributed by atoms with Gasteiger partial charge in [0.2, 0.25) is 5.95 Å². The maximum Gasteiger partial charge on any atom is 0.290 e. The number of aromatic nitrogens is 2. The quantitative estimate of drug-likeness (QED) is 0.837. The zero-order valence-corrected chi connectivity index (χ0v) is 13.9. The first-order valence-corrected chi connectivity index (χ1v) is 8.86. The van der Waals surface area contributed by atoms with Crippen LogP contribution in [0.25, 0.3) is 11.3 Å². The molecule has 1 aromatic carbocycles. The highest BCUT2D eigenvalue weighted by atomic mass is 19.3. The first-order valence-electron chi connectivity index (χ1n) is 8.86. The largest absolute Gasteiger partial charge is 0.376 e. The smallest absolute Gasteiger partial charge is 0.290 e. The number of hydrogen-bond acceptors (Lipinski definition) is 4. The van der Waals surface area contributed by atoms with Gasteiger partial charge in [-0.15, -0.1) is 0 Å². The molecule has 0 bridgehead atoms. The molecule has 3 heterocycles. The van der Waals surface area contributed by atoms with Crippen molar-refractivity contribution in [3.8, 4) is 11.3 Å². The van der Waals surface area contributed by atoms with E-state index in [9.17, 15) is 8.78 Å². The minimum Gasteiger partial charge on any atom is -0.376 e. The van der Waals surface area contributed by atoms with Crippen LogP contribution in [0.15, 0.2) is 18.2 Å².